The highest BCUT2D eigenvalue weighted by atomic mass is 32.2. The van der Waals surface area contributed by atoms with Gasteiger partial charge in [-0.1, -0.05) is 0 Å². The van der Waals surface area contributed by atoms with Gasteiger partial charge in [0, 0.05) is 19.1 Å². The van der Waals surface area contributed by atoms with Crippen molar-refractivity contribution in [1.29, 1.82) is 0 Å². The Morgan fingerprint density at radius 3 is 2.56 bits per heavy atom. The van der Waals surface area contributed by atoms with Gasteiger partial charge >= 0.3 is 0 Å². The van der Waals surface area contributed by atoms with Crippen LogP contribution in [0, 0.1) is 5.92 Å². The SMILES string of the molecule is COc1ccc(S(=O)(=O)N2CCC(C3CCCN3)CC2)cc1C(N)=O. The molecule has 1 atom stereocenters. The fourth-order valence-electron chi connectivity index (χ4n) is 3.82. The van der Waals surface area contributed by atoms with Gasteiger partial charge in [-0.25, -0.2) is 8.42 Å². The molecule has 8 heteroatoms. The molecule has 1 amide bonds. The lowest BCUT2D eigenvalue weighted by Gasteiger charge is -2.34. The first-order valence-electron chi connectivity index (χ1n) is 8.65. The summed E-state index contributed by atoms with van der Waals surface area (Å²) in [5.41, 5.74) is 5.41. The van der Waals surface area contributed by atoms with E-state index in [1.165, 1.54) is 42.5 Å². The van der Waals surface area contributed by atoms with Gasteiger partial charge in [0.2, 0.25) is 10.0 Å². The number of rotatable bonds is 5. The minimum atomic E-state index is -3.64. The minimum absolute atomic E-state index is 0.0774. The monoisotopic (exact) mass is 367 g/mol. The number of carbonyl (C=O) groups is 1. The van der Waals surface area contributed by atoms with Crippen LogP contribution in [0.3, 0.4) is 0 Å². The second-order valence-electron chi connectivity index (χ2n) is 6.67. The zero-order valence-electron chi connectivity index (χ0n) is 14.4. The van der Waals surface area contributed by atoms with Gasteiger partial charge in [0.25, 0.3) is 5.91 Å². The predicted molar refractivity (Wildman–Crippen MR) is 94.0 cm³/mol. The van der Waals surface area contributed by atoms with E-state index in [9.17, 15) is 13.2 Å². The van der Waals surface area contributed by atoms with E-state index in [2.05, 4.69) is 5.32 Å². The van der Waals surface area contributed by atoms with Crippen molar-refractivity contribution in [3.05, 3.63) is 23.8 Å². The van der Waals surface area contributed by atoms with E-state index in [1.807, 2.05) is 0 Å². The standard InChI is InChI=1S/C17H25N3O4S/c1-24-16-5-4-13(11-14(16)17(18)21)25(22,23)20-9-6-12(7-10-20)15-3-2-8-19-15/h4-5,11-12,15,19H,2-3,6-10H2,1H3,(H2,18,21). The van der Waals surface area contributed by atoms with E-state index >= 15 is 0 Å². The molecule has 1 unspecified atom stereocenters. The minimum Gasteiger partial charge on any atom is -0.496 e. The van der Waals surface area contributed by atoms with Gasteiger partial charge in [-0.3, -0.25) is 4.79 Å². The zero-order chi connectivity index (χ0) is 18.0. The molecule has 2 aliphatic rings. The largest absolute Gasteiger partial charge is 0.496 e. The van der Waals surface area contributed by atoms with Crippen LogP contribution in [0.15, 0.2) is 23.1 Å². The molecule has 0 aromatic heterocycles. The molecule has 0 saturated carbocycles. The second kappa shape index (κ2) is 7.31. The van der Waals surface area contributed by atoms with Crippen molar-refractivity contribution in [1.82, 2.24) is 9.62 Å². The number of sulfonamides is 1. The van der Waals surface area contributed by atoms with Gasteiger partial charge in [0.05, 0.1) is 17.6 Å². The summed E-state index contributed by atoms with van der Waals surface area (Å²) in [7, 11) is -2.23. The van der Waals surface area contributed by atoms with Crippen molar-refractivity contribution in [2.24, 2.45) is 11.7 Å². The molecule has 2 fully saturated rings. The highest BCUT2D eigenvalue weighted by molar-refractivity contribution is 7.89. The molecule has 2 saturated heterocycles. The first kappa shape index (κ1) is 18.2. The number of carbonyl (C=O) groups excluding carboxylic acids is 1. The number of nitrogens with one attached hydrogen (secondary N) is 1. The molecule has 25 heavy (non-hydrogen) atoms. The first-order chi connectivity index (χ1) is 11.9. The van der Waals surface area contributed by atoms with Crippen LogP contribution < -0.4 is 15.8 Å². The third-order valence-electron chi connectivity index (χ3n) is 5.24. The van der Waals surface area contributed by atoms with Crippen LogP contribution in [-0.2, 0) is 10.0 Å². The van der Waals surface area contributed by atoms with Gasteiger partial charge in [0.15, 0.2) is 0 Å². The molecule has 7 nitrogen and oxygen atoms in total. The number of hydrogen-bond acceptors (Lipinski definition) is 5. The Kier molecular flexibility index (Phi) is 5.31. The maximum Gasteiger partial charge on any atom is 0.252 e. The number of benzene rings is 1. The third kappa shape index (κ3) is 3.65. The van der Waals surface area contributed by atoms with Gasteiger partial charge in [-0.2, -0.15) is 4.31 Å². The molecule has 1 aromatic carbocycles. The Labute approximate surface area is 148 Å². The van der Waals surface area contributed by atoms with Crippen LogP contribution >= 0.6 is 0 Å². The lowest BCUT2D eigenvalue weighted by atomic mass is 9.89. The summed E-state index contributed by atoms with van der Waals surface area (Å²) in [4.78, 5) is 11.6. The van der Waals surface area contributed by atoms with Gasteiger partial charge < -0.3 is 15.8 Å². The summed E-state index contributed by atoms with van der Waals surface area (Å²) in [6.07, 6.45) is 4.09. The summed E-state index contributed by atoms with van der Waals surface area (Å²) < 4.78 is 32.4. The van der Waals surface area contributed by atoms with Crippen LogP contribution in [0.4, 0.5) is 0 Å². The Balaban J connectivity index is 1.76. The average molecular weight is 367 g/mol. The molecule has 3 N–H and O–H groups in total. The second-order valence-corrected chi connectivity index (χ2v) is 8.61. The highest BCUT2D eigenvalue weighted by Gasteiger charge is 2.33. The summed E-state index contributed by atoms with van der Waals surface area (Å²) in [5, 5.41) is 3.51. The summed E-state index contributed by atoms with van der Waals surface area (Å²) in [5.74, 6) is 0.100. The quantitative estimate of drug-likeness (QED) is 0.807. The normalized spacial score (nSPS) is 22.8. The van der Waals surface area contributed by atoms with E-state index in [-0.39, 0.29) is 16.2 Å². The van der Waals surface area contributed by atoms with Gasteiger partial charge in [-0.15, -0.1) is 0 Å². The molecule has 2 heterocycles. The number of nitrogens with zero attached hydrogens (tertiary/aromatic N) is 1. The van der Waals surface area contributed by atoms with Crippen LogP contribution in [0.25, 0.3) is 0 Å². The fraction of sp³-hybridized carbons (Fsp3) is 0.588. The summed E-state index contributed by atoms with van der Waals surface area (Å²) in [6, 6.07) is 4.77. The molecule has 2 aliphatic heterocycles. The van der Waals surface area contributed by atoms with Crippen LogP contribution in [0.5, 0.6) is 5.75 Å². The van der Waals surface area contributed by atoms with Gasteiger partial charge in [0.1, 0.15) is 5.75 Å². The molecular weight excluding hydrogens is 342 g/mol. The van der Waals surface area contributed by atoms with Crippen molar-refractivity contribution in [2.45, 2.75) is 36.6 Å². The molecule has 0 bridgehead atoms. The molecule has 1 aromatic rings. The molecular formula is C17H25N3O4S. The first-order valence-corrected chi connectivity index (χ1v) is 10.1. The molecule has 0 spiro atoms. The number of ether oxygens (including phenoxy) is 1. The molecule has 138 valence electrons. The Bertz CT molecular complexity index is 736. The maximum absolute atomic E-state index is 12.9. The van der Waals surface area contributed by atoms with E-state index in [4.69, 9.17) is 10.5 Å². The molecule has 0 radical (unpaired) electrons. The van der Waals surface area contributed by atoms with E-state index in [1.54, 1.807) is 0 Å². The predicted octanol–water partition coefficient (Wildman–Crippen LogP) is 0.947. The van der Waals surface area contributed by atoms with Crippen molar-refractivity contribution in [3.63, 3.8) is 0 Å². The van der Waals surface area contributed by atoms with Crippen molar-refractivity contribution in [2.75, 3.05) is 26.7 Å². The Morgan fingerprint density at radius 2 is 2.00 bits per heavy atom. The fourth-order valence-corrected chi connectivity index (χ4v) is 5.32. The van der Waals surface area contributed by atoms with Crippen molar-refractivity contribution < 1.29 is 17.9 Å². The average Bonchev–Trinajstić information content (AvgIpc) is 3.15. The van der Waals surface area contributed by atoms with Crippen LogP contribution in [-0.4, -0.2) is 51.4 Å². The van der Waals surface area contributed by atoms with E-state index < -0.39 is 15.9 Å². The van der Waals surface area contributed by atoms with Crippen LogP contribution in [0.2, 0.25) is 0 Å². The number of hydrogen-bond donors (Lipinski definition) is 2. The lowest BCUT2D eigenvalue weighted by molar-refractivity contribution is 0.0997. The Morgan fingerprint density at radius 1 is 1.28 bits per heavy atom. The lowest BCUT2D eigenvalue weighted by Crippen LogP contribution is -2.43. The van der Waals surface area contributed by atoms with Crippen LogP contribution in [0.1, 0.15) is 36.0 Å². The topological polar surface area (TPSA) is 102 Å². The number of methoxy groups -OCH3 is 1. The van der Waals surface area contributed by atoms with Crippen molar-refractivity contribution >= 4 is 15.9 Å². The highest BCUT2D eigenvalue weighted by Crippen LogP contribution is 2.30. The smallest absolute Gasteiger partial charge is 0.252 e. The Hall–Kier alpha value is -1.64. The summed E-state index contributed by atoms with van der Waals surface area (Å²) >= 11 is 0. The molecule has 0 aliphatic carbocycles. The van der Waals surface area contributed by atoms with Crippen molar-refractivity contribution in [3.8, 4) is 5.75 Å². The van der Waals surface area contributed by atoms with E-state index in [0.29, 0.717) is 25.0 Å². The number of primary amides is 1. The number of piperidine rings is 1. The summed E-state index contributed by atoms with van der Waals surface area (Å²) in [6.45, 7) is 2.07. The number of amides is 1. The van der Waals surface area contributed by atoms with E-state index in [0.717, 1.165) is 19.4 Å². The molecule has 3 rings (SSSR count). The third-order valence-corrected chi connectivity index (χ3v) is 7.13. The maximum atomic E-state index is 12.9. The van der Waals surface area contributed by atoms with Gasteiger partial charge in [-0.05, 0) is 56.3 Å². The zero-order valence-corrected chi connectivity index (χ0v) is 15.2. The number of nitrogens with two attached hydrogens (primary N) is 1.